The Balaban J connectivity index is 1.87. The van der Waals surface area contributed by atoms with Crippen LogP contribution in [-0.4, -0.2) is 31.2 Å². The summed E-state index contributed by atoms with van der Waals surface area (Å²) in [6.07, 6.45) is 1.42. The first kappa shape index (κ1) is 14.9. The van der Waals surface area contributed by atoms with Gasteiger partial charge >= 0.3 is 0 Å². The average Bonchev–Trinajstić information content (AvgIpc) is 2.95. The molecule has 6 nitrogen and oxygen atoms in total. The first-order chi connectivity index (χ1) is 11.8. The molecule has 0 amide bonds. The van der Waals surface area contributed by atoms with Crippen LogP contribution in [0, 0.1) is 0 Å². The maximum absolute atomic E-state index is 9.40. The van der Waals surface area contributed by atoms with E-state index in [-0.39, 0.29) is 6.61 Å². The van der Waals surface area contributed by atoms with Gasteiger partial charge in [0.05, 0.1) is 6.61 Å². The molecule has 2 heterocycles. The minimum Gasteiger partial charge on any atom is -0.395 e. The lowest BCUT2D eigenvalue weighted by atomic mass is 10.1. The van der Waals surface area contributed by atoms with E-state index in [0.29, 0.717) is 23.5 Å². The largest absolute Gasteiger partial charge is 0.395 e. The van der Waals surface area contributed by atoms with E-state index in [1.807, 2.05) is 22.8 Å². The molecule has 0 saturated carbocycles. The predicted molar refractivity (Wildman–Crippen MR) is 94.9 cm³/mol. The van der Waals surface area contributed by atoms with Gasteiger partial charge in [-0.05, 0) is 16.8 Å². The van der Waals surface area contributed by atoms with Crippen LogP contribution in [0.4, 0.5) is 5.82 Å². The Morgan fingerprint density at radius 3 is 2.79 bits per heavy atom. The Kier molecular flexibility index (Phi) is 3.79. The standard InChI is InChI=1S/C17H15N5OS/c18-15-14-16(20-10-19-15)22(8-9-23)17(21-14)24-13-7-3-5-11-4-1-2-6-12(11)13/h1-7,10,23H,8-9H2,(H2,18,19,20). The second kappa shape index (κ2) is 6.10. The molecule has 0 spiro atoms. The third-order valence-electron chi connectivity index (χ3n) is 3.80. The number of imidazole rings is 1. The van der Waals surface area contributed by atoms with Gasteiger partial charge in [0.25, 0.3) is 0 Å². The third-order valence-corrected chi connectivity index (χ3v) is 4.87. The van der Waals surface area contributed by atoms with E-state index < -0.39 is 0 Å². The zero-order valence-electron chi connectivity index (χ0n) is 12.8. The first-order valence-electron chi connectivity index (χ1n) is 7.51. The maximum atomic E-state index is 9.40. The number of nitrogen functional groups attached to an aromatic ring is 1. The highest BCUT2D eigenvalue weighted by atomic mass is 32.2. The molecule has 4 rings (SSSR count). The monoisotopic (exact) mass is 337 g/mol. The van der Waals surface area contributed by atoms with E-state index in [2.05, 4.69) is 39.2 Å². The number of anilines is 1. The molecule has 0 radical (unpaired) electrons. The fourth-order valence-electron chi connectivity index (χ4n) is 2.70. The van der Waals surface area contributed by atoms with Crippen molar-refractivity contribution in [2.45, 2.75) is 16.6 Å². The van der Waals surface area contributed by atoms with Crippen LogP contribution in [0.15, 0.2) is 58.8 Å². The predicted octanol–water partition coefficient (Wildman–Crippen LogP) is 2.71. The fraction of sp³-hybridized carbons (Fsp3) is 0.118. The zero-order valence-corrected chi connectivity index (χ0v) is 13.6. The summed E-state index contributed by atoms with van der Waals surface area (Å²) in [6.45, 7) is 0.401. The lowest BCUT2D eigenvalue weighted by molar-refractivity contribution is 0.273. The number of aromatic nitrogens is 4. The van der Waals surface area contributed by atoms with Gasteiger partial charge in [-0.15, -0.1) is 0 Å². The van der Waals surface area contributed by atoms with Crippen molar-refractivity contribution in [1.82, 2.24) is 19.5 Å². The van der Waals surface area contributed by atoms with Crippen molar-refractivity contribution in [1.29, 1.82) is 0 Å². The molecule has 0 aliphatic rings. The topological polar surface area (TPSA) is 89.9 Å². The first-order valence-corrected chi connectivity index (χ1v) is 8.33. The summed E-state index contributed by atoms with van der Waals surface area (Å²) < 4.78 is 1.87. The third kappa shape index (κ3) is 2.47. The molecule has 2 aromatic carbocycles. The van der Waals surface area contributed by atoms with E-state index in [4.69, 9.17) is 5.73 Å². The van der Waals surface area contributed by atoms with Gasteiger partial charge < -0.3 is 15.4 Å². The molecule has 4 aromatic rings. The summed E-state index contributed by atoms with van der Waals surface area (Å²) in [4.78, 5) is 14.0. The van der Waals surface area contributed by atoms with Crippen LogP contribution in [0.5, 0.6) is 0 Å². The van der Waals surface area contributed by atoms with Gasteiger partial charge in [-0.25, -0.2) is 15.0 Å². The lowest BCUT2D eigenvalue weighted by Crippen LogP contribution is -2.04. The number of nitrogens with zero attached hydrogens (tertiary/aromatic N) is 4. The Morgan fingerprint density at radius 2 is 1.92 bits per heavy atom. The molecule has 2 aromatic heterocycles. The smallest absolute Gasteiger partial charge is 0.175 e. The van der Waals surface area contributed by atoms with Crippen LogP contribution in [0.3, 0.4) is 0 Å². The van der Waals surface area contributed by atoms with Crippen LogP contribution in [0.1, 0.15) is 0 Å². The summed E-state index contributed by atoms with van der Waals surface area (Å²) in [5.74, 6) is 0.344. The van der Waals surface area contributed by atoms with Crippen molar-refractivity contribution in [3.63, 3.8) is 0 Å². The molecule has 0 atom stereocenters. The van der Waals surface area contributed by atoms with Gasteiger partial charge in [-0.3, -0.25) is 0 Å². The molecule has 7 heteroatoms. The average molecular weight is 337 g/mol. The molecule has 0 saturated heterocycles. The summed E-state index contributed by atoms with van der Waals surface area (Å²) >= 11 is 1.54. The van der Waals surface area contributed by atoms with E-state index in [1.54, 1.807) is 0 Å². The zero-order chi connectivity index (χ0) is 16.5. The lowest BCUT2D eigenvalue weighted by Gasteiger charge is -2.08. The van der Waals surface area contributed by atoms with E-state index in [1.165, 1.54) is 23.5 Å². The highest BCUT2D eigenvalue weighted by molar-refractivity contribution is 7.99. The number of aliphatic hydroxyl groups excluding tert-OH is 1. The van der Waals surface area contributed by atoms with Crippen molar-refractivity contribution in [2.75, 3.05) is 12.3 Å². The number of hydrogen-bond acceptors (Lipinski definition) is 6. The maximum Gasteiger partial charge on any atom is 0.175 e. The number of hydrogen-bond donors (Lipinski definition) is 2. The van der Waals surface area contributed by atoms with Gasteiger partial charge in [-0.1, -0.05) is 48.2 Å². The van der Waals surface area contributed by atoms with Crippen molar-refractivity contribution >= 4 is 39.5 Å². The Hall–Kier alpha value is -2.64. The number of fused-ring (bicyclic) bond motifs is 2. The molecule has 0 aliphatic carbocycles. The molecule has 120 valence electrons. The van der Waals surface area contributed by atoms with Gasteiger partial charge in [-0.2, -0.15) is 0 Å². The summed E-state index contributed by atoms with van der Waals surface area (Å²) in [6, 6.07) is 14.4. The summed E-state index contributed by atoms with van der Waals surface area (Å²) in [7, 11) is 0. The SMILES string of the molecule is Nc1ncnc2c1nc(Sc1cccc3ccccc13)n2CCO. The quantitative estimate of drug-likeness (QED) is 0.595. The van der Waals surface area contributed by atoms with Gasteiger partial charge in [0.15, 0.2) is 22.1 Å². The molecule has 0 bridgehead atoms. The van der Waals surface area contributed by atoms with Crippen LogP contribution in [0.2, 0.25) is 0 Å². The van der Waals surface area contributed by atoms with E-state index >= 15 is 0 Å². The van der Waals surface area contributed by atoms with Crippen LogP contribution < -0.4 is 5.73 Å². The second-order valence-electron chi connectivity index (χ2n) is 5.28. The van der Waals surface area contributed by atoms with E-state index in [0.717, 1.165) is 15.4 Å². The van der Waals surface area contributed by atoms with E-state index in [9.17, 15) is 5.11 Å². The minimum absolute atomic E-state index is 0.00152. The van der Waals surface area contributed by atoms with Crippen molar-refractivity contribution < 1.29 is 5.11 Å². The summed E-state index contributed by atoms with van der Waals surface area (Å²) in [5, 5.41) is 12.5. The molecule has 0 fully saturated rings. The Morgan fingerprint density at radius 1 is 1.08 bits per heavy atom. The highest BCUT2D eigenvalue weighted by Crippen LogP contribution is 2.34. The molecule has 24 heavy (non-hydrogen) atoms. The number of rotatable bonds is 4. The van der Waals surface area contributed by atoms with Crippen molar-refractivity contribution in [3.05, 3.63) is 48.8 Å². The minimum atomic E-state index is -0.00152. The Labute approximate surface area is 142 Å². The second-order valence-corrected chi connectivity index (χ2v) is 6.29. The molecular formula is C17H15N5OS. The molecular weight excluding hydrogens is 322 g/mol. The molecule has 0 aliphatic heterocycles. The van der Waals surface area contributed by atoms with Gasteiger partial charge in [0.2, 0.25) is 0 Å². The van der Waals surface area contributed by atoms with Crippen LogP contribution in [-0.2, 0) is 6.54 Å². The highest BCUT2D eigenvalue weighted by Gasteiger charge is 2.16. The Bertz CT molecular complexity index is 1020. The number of benzene rings is 2. The number of nitrogens with two attached hydrogens (primary N) is 1. The number of aliphatic hydroxyl groups is 1. The van der Waals surface area contributed by atoms with Crippen LogP contribution >= 0.6 is 11.8 Å². The fourth-order valence-corrected chi connectivity index (χ4v) is 3.76. The van der Waals surface area contributed by atoms with Crippen molar-refractivity contribution in [2.24, 2.45) is 0 Å². The van der Waals surface area contributed by atoms with Crippen LogP contribution in [0.25, 0.3) is 21.9 Å². The van der Waals surface area contributed by atoms with Crippen molar-refractivity contribution in [3.8, 4) is 0 Å². The summed E-state index contributed by atoms with van der Waals surface area (Å²) in [5.41, 5.74) is 7.12. The molecule has 0 unspecified atom stereocenters. The van der Waals surface area contributed by atoms with Gasteiger partial charge in [0, 0.05) is 11.4 Å². The van der Waals surface area contributed by atoms with Gasteiger partial charge in [0.1, 0.15) is 6.33 Å². The molecule has 3 N–H and O–H groups in total. The normalized spacial score (nSPS) is 11.4.